The van der Waals surface area contributed by atoms with E-state index in [-0.39, 0.29) is 10.9 Å². The Kier molecular flexibility index (Phi) is 12.4. The van der Waals surface area contributed by atoms with Crippen LogP contribution in [0.1, 0.15) is 66.2 Å². The van der Waals surface area contributed by atoms with Gasteiger partial charge in [-0.1, -0.05) is 75.4 Å². The predicted octanol–water partition coefficient (Wildman–Crippen LogP) is 5.83. The Bertz CT molecular complexity index is 370. The van der Waals surface area contributed by atoms with Crippen LogP contribution in [-0.2, 0) is 9.47 Å². The van der Waals surface area contributed by atoms with Crippen LogP contribution in [0.25, 0.3) is 0 Å². The largest absolute Gasteiger partial charge is 0.367 e. The Balaban J connectivity index is 2.42. The van der Waals surface area contributed by atoms with Crippen LogP contribution in [0.3, 0.4) is 0 Å². The summed E-state index contributed by atoms with van der Waals surface area (Å²) in [5.74, 6) is 0. The van der Waals surface area contributed by atoms with Crippen molar-refractivity contribution in [2.45, 2.75) is 85.8 Å². The van der Waals surface area contributed by atoms with Gasteiger partial charge in [0.25, 0.3) is 0 Å². The fourth-order valence-corrected chi connectivity index (χ4v) is 4.97. The van der Waals surface area contributed by atoms with Crippen molar-refractivity contribution in [3.8, 4) is 0 Å². The van der Waals surface area contributed by atoms with Gasteiger partial charge < -0.3 is 9.47 Å². The maximum absolute atomic E-state index is 5.88. The van der Waals surface area contributed by atoms with E-state index in [1.807, 2.05) is 0 Å². The lowest BCUT2D eigenvalue weighted by Gasteiger charge is -2.13. The van der Waals surface area contributed by atoms with Crippen molar-refractivity contribution in [2.75, 3.05) is 13.2 Å². The lowest BCUT2D eigenvalue weighted by Crippen LogP contribution is -2.07. The Morgan fingerprint density at radius 1 is 0.826 bits per heavy atom. The highest BCUT2D eigenvalue weighted by molar-refractivity contribution is 8.03. The maximum Gasteiger partial charge on any atom is 0.177 e. The van der Waals surface area contributed by atoms with Gasteiger partial charge in [0, 0.05) is 13.2 Å². The van der Waals surface area contributed by atoms with Gasteiger partial charge >= 0.3 is 0 Å². The highest BCUT2D eigenvalue weighted by atomic mass is 32.2. The van der Waals surface area contributed by atoms with Gasteiger partial charge in [-0.25, -0.2) is 0 Å². The van der Waals surface area contributed by atoms with Crippen LogP contribution in [0.4, 0.5) is 0 Å². The predicted molar refractivity (Wildman–Crippen MR) is 102 cm³/mol. The number of hydrogen-bond acceptors (Lipinski definition) is 7. The molecule has 4 nitrogen and oxygen atoms in total. The Morgan fingerprint density at radius 3 is 1.61 bits per heavy atom. The van der Waals surface area contributed by atoms with E-state index in [1.165, 1.54) is 0 Å². The first-order valence-corrected chi connectivity index (χ1v) is 11.2. The van der Waals surface area contributed by atoms with Crippen molar-refractivity contribution >= 4 is 34.9 Å². The van der Waals surface area contributed by atoms with Crippen LogP contribution in [0.5, 0.6) is 0 Å². The molecule has 0 aliphatic carbocycles. The molecule has 0 aliphatic rings. The molecule has 23 heavy (non-hydrogen) atoms. The molecular formula is C16H30N2O2S3. The van der Waals surface area contributed by atoms with Crippen molar-refractivity contribution in [1.82, 2.24) is 10.2 Å². The molecule has 0 aliphatic heterocycles. The summed E-state index contributed by atoms with van der Waals surface area (Å²) >= 11 is 5.01. The average molecular weight is 379 g/mol. The molecule has 0 saturated carbocycles. The third kappa shape index (κ3) is 9.29. The summed E-state index contributed by atoms with van der Waals surface area (Å²) in [6.07, 6.45) is 6.51. The second-order valence-electron chi connectivity index (χ2n) is 5.19. The van der Waals surface area contributed by atoms with Crippen LogP contribution in [0.15, 0.2) is 8.68 Å². The molecule has 0 amide bonds. The zero-order valence-corrected chi connectivity index (χ0v) is 17.2. The first-order valence-electron chi connectivity index (χ1n) is 8.63. The molecule has 0 spiro atoms. The number of aromatic nitrogens is 2. The third-order valence-electron chi connectivity index (χ3n) is 3.12. The molecule has 0 bridgehead atoms. The second kappa shape index (κ2) is 13.5. The van der Waals surface area contributed by atoms with E-state index in [2.05, 4.69) is 37.9 Å². The maximum atomic E-state index is 5.88. The van der Waals surface area contributed by atoms with Gasteiger partial charge in [-0.15, -0.1) is 10.2 Å². The number of thioether (sulfide) groups is 2. The van der Waals surface area contributed by atoms with Crippen molar-refractivity contribution in [2.24, 2.45) is 0 Å². The van der Waals surface area contributed by atoms with Crippen LogP contribution >= 0.6 is 34.9 Å². The first-order chi connectivity index (χ1) is 11.2. The van der Waals surface area contributed by atoms with Gasteiger partial charge in [0.2, 0.25) is 0 Å². The molecule has 1 heterocycles. The number of rotatable bonds is 14. The van der Waals surface area contributed by atoms with Crippen molar-refractivity contribution in [3.63, 3.8) is 0 Å². The van der Waals surface area contributed by atoms with E-state index < -0.39 is 0 Å². The fraction of sp³-hybridized carbons (Fsp3) is 0.875. The molecule has 1 rings (SSSR count). The van der Waals surface area contributed by atoms with Crippen molar-refractivity contribution < 1.29 is 9.47 Å². The zero-order chi connectivity index (χ0) is 16.9. The summed E-state index contributed by atoms with van der Waals surface area (Å²) in [7, 11) is 0. The van der Waals surface area contributed by atoms with Gasteiger partial charge in [0.1, 0.15) is 10.9 Å². The average Bonchev–Trinajstić information content (AvgIpc) is 3.00. The molecule has 2 atom stereocenters. The summed E-state index contributed by atoms with van der Waals surface area (Å²) in [6.45, 7) is 10.3. The number of hydrogen-bond donors (Lipinski definition) is 0. The molecular weight excluding hydrogens is 348 g/mol. The van der Waals surface area contributed by atoms with E-state index >= 15 is 0 Å². The topological polar surface area (TPSA) is 44.2 Å². The van der Waals surface area contributed by atoms with E-state index in [4.69, 9.17) is 9.47 Å². The summed E-state index contributed by atoms with van der Waals surface area (Å²) in [5.41, 5.74) is 0.352. The monoisotopic (exact) mass is 378 g/mol. The smallest absolute Gasteiger partial charge is 0.177 e. The zero-order valence-electron chi connectivity index (χ0n) is 14.7. The normalized spacial score (nSPS) is 14.1. The first kappa shape index (κ1) is 21.2. The Labute approximate surface area is 153 Å². The van der Waals surface area contributed by atoms with Crippen molar-refractivity contribution in [3.05, 3.63) is 0 Å². The van der Waals surface area contributed by atoms with Gasteiger partial charge in [0.15, 0.2) is 8.68 Å². The second-order valence-corrected chi connectivity index (χ2v) is 8.98. The van der Waals surface area contributed by atoms with Gasteiger partial charge in [0.05, 0.1) is 0 Å². The molecule has 0 radical (unpaired) electrons. The Hall–Kier alpha value is 0.180. The number of ether oxygens (including phenoxy) is 2. The molecule has 1 aromatic rings. The molecule has 0 N–H and O–H groups in total. The fourth-order valence-electron chi connectivity index (χ4n) is 1.71. The minimum Gasteiger partial charge on any atom is -0.367 e. The molecule has 2 unspecified atom stereocenters. The highest BCUT2D eigenvalue weighted by Crippen LogP contribution is 2.35. The van der Waals surface area contributed by atoms with Crippen LogP contribution in [0, 0.1) is 0 Å². The highest BCUT2D eigenvalue weighted by Gasteiger charge is 2.16. The minimum absolute atomic E-state index is 0.176. The standard InChI is InChI=1S/C16H30N2O2S3/c1-5-9-11-19-13(7-3)21-15-17-18-16(23-15)22-14(8-4)20-12-10-6-2/h13-14H,5-12H2,1-4H3. The SMILES string of the molecule is CCCCOC(CC)Sc1nnc(SC(CC)OCCCC)s1. The van der Waals surface area contributed by atoms with E-state index in [0.29, 0.717) is 0 Å². The summed E-state index contributed by atoms with van der Waals surface area (Å²) in [5, 5.41) is 8.58. The molecule has 0 aromatic carbocycles. The van der Waals surface area contributed by atoms with E-state index in [1.54, 1.807) is 34.9 Å². The van der Waals surface area contributed by atoms with Gasteiger partial charge in [-0.05, 0) is 25.7 Å². The van der Waals surface area contributed by atoms with Crippen LogP contribution in [-0.4, -0.2) is 34.3 Å². The lowest BCUT2D eigenvalue weighted by molar-refractivity contribution is 0.107. The summed E-state index contributed by atoms with van der Waals surface area (Å²) in [6, 6.07) is 0. The van der Waals surface area contributed by atoms with E-state index in [9.17, 15) is 0 Å². The summed E-state index contributed by atoms with van der Waals surface area (Å²) in [4.78, 5) is 0. The van der Waals surface area contributed by atoms with Gasteiger partial charge in [-0.3, -0.25) is 0 Å². The van der Waals surface area contributed by atoms with Crippen molar-refractivity contribution in [1.29, 1.82) is 0 Å². The number of nitrogens with zero attached hydrogens (tertiary/aromatic N) is 2. The number of unbranched alkanes of at least 4 members (excludes halogenated alkanes) is 2. The van der Waals surface area contributed by atoms with E-state index in [0.717, 1.165) is 60.4 Å². The Morgan fingerprint density at radius 2 is 1.26 bits per heavy atom. The molecule has 0 saturated heterocycles. The minimum atomic E-state index is 0.176. The van der Waals surface area contributed by atoms with Gasteiger partial charge in [-0.2, -0.15) is 0 Å². The molecule has 7 heteroatoms. The van der Waals surface area contributed by atoms with Crippen LogP contribution < -0.4 is 0 Å². The summed E-state index contributed by atoms with van der Waals surface area (Å²) < 4.78 is 13.7. The quantitative estimate of drug-likeness (QED) is 0.231. The molecule has 1 aromatic heterocycles. The van der Waals surface area contributed by atoms with Crippen LogP contribution in [0.2, 0.25) is 0 Å². The lowest BCUT2D eigenvalue weighted by atomic mass is 10.4. The molecule has 0 fully saturated rings. The third-order valence-corrected chi connectivity index (χ3v) is 6.74. The molecule has 134 valence electrons.